The Balaban J connectivity index is 1.40. The number of pyridine rings is 1. The summed E-state index contributed by atoms with van der Waals surface area (Å²) in [6.45, 7) is 5.88. The van der Waals surface area contributed by atoms with Gasteiger partial charge < -0.3 is 4.90 Å². The maximum atomic E-state index is 13.0. The fourth-order valence-corrected chi connectivity index (χ4v) is 4.43. The average molecular weight is 373 g/mol. The first-order chi connectivity index (χ1) is 13.6. The molecule has 1 aromatic heterocycles. The van der Waals surface area contributed by atoms with Crippen molar-refractivity contribution >= 4 is 16.8 Å². The van der Waals surface area contributed by atoms with Crippen LogP contribution < -0.4 is 0 Å². The van der Waals surface area contributed by atoms with E-state index in [4.69, 9.17) is 4.98 Å². The molecule has 0 aliphatic carbocycles. The van der Waals surface area contributed by atoms with E-state index in [-0.39, 0.29) is 5.91 Å². The molecule has 28 heavy (non-hydrogen) atoms. The van der Waals surface area contributed by atoms with Gasteiger partial charge in [-0.15, -0.1) is 0 Å². The lowest BCUT2D eigenvalue weighted by Gasteiger charge is -2.32. The quantitative estimate of drug-likeness (QED) is 0.654. The van der Waals surface area contributed by atoms with E-state index in [9.17, 15) is 4.79 Å². The number of hydrogen-bond acceptors (Lipinski definition) is 2. The number of rotatable bonds is 4. The van der Waals surface area contributed by atoms with E-state index in [1.54, 1.807) is 0 Å². The fraction of sp³-hybridized carbons (Fsp3) is 0.360. The summed E-state index contributed by atoms with van der Waals surface area (Å²) in [4.78, 5) is 19.7. The minimum atomic E-state index is 0.237. The van der Waals surface area contributed by atoms with Gasteiger partial charge in [0, 0.05) is 24.2 Å². The third-order valence-electron chi connectivity index (χ3n) is 6.15. The molecule has 0 saturated carbocycles. The molecular formula is C25H28N2O. The van der Waals surface area contributed by atoms with Gasteiger partial charge in [0.15, 0.2) is 0 Å². The number of benzene rings is 2. The molecule has 144 valence electrons. The molecule has 3 heteroatoms. The second-order valence-electron chi connectivity index (χ2n) is 8.01. The molecule has 3 aromatic rings. The van der Waals surface area contributed by atoms with E-state index in [2.05, 4.69) is 48.2 Å². The lowest BCUT2D eigenvalue weighted by Crippen LogP contribution is -2.39. The Morgan fingerprint density at radius 1 is 1.00 bits per heavy atom. The van der Waals surface area contributed by atoms with Gasteiger partial charge in [-0.3, -0.25) is 9.78 Å². The number of para-hydroxylation sites is 1. The Kier molecular flexibility index (Phi) is 5.43. The zero-order chi connectivity index (χ0) is 19.5. The highest BCUT2D eigenvalue weighted by Crippen LogP contribution is 2.25. The van der Waals surface area contributed by atoms with Crippen LogP contribution in [0.4, 0.5) is 0 Å². The van der Waals surface area contributed by atoms with Crippen LogP contribution in [0.15, 0.2) is 54.6 Å². The lowest BCUT2D eigenvalue weighted by molar-refractivity contribution is -0.131. The zero-order valence-corrected chi connectivity index (χ0v) is 16.8. The molecule has 3 nitrogen and oxygen atoms in total. The minimum Gasteiger partial charge on any atom is -0.342 e. The molecule has 1 saturated heterocycles. The Labute approximate surface area is 167 Å². The first kappa shape index (κ1) is 18.7. The molecule has 1 amide bonds. The van der Waals surface area contributed by atoms with Crippen LogP contribution in [0.25, 0.3) is 10.9 Å². The second-order valence-corrected chi connectivity index (χ2v) is 8.01. The number of piperidine rings is 1. The molecule has 0 atom stereocenters. The van der Waals surface area contributed by atoms with E-state index in [0.717, 1.165) is 54.5 Å². The predicted octanol–water partition coefficient (Wildman–Crippen LogP) is 4.88. The SMILES string of the molecule is Cc1nc2ccccc2c(C)c1CC(=O)N1CCC(Cc2ccccc2)CC1. The van der Waals surface area contributed by atoms with Gasteiger partial charge in [0.2, 0.25) is 5.91 Å². The van der Waals surface area contributed by atoms with E-state index in [0.29, 0.717) is 12.3 Å². The number of nitrogens with zero attached hydrogens (tertiary/aromatic N) is 2. The van der Waals surface area contributed by atoms with Gasteiger partial charge >= 0.3 is 0 Å². The van der Waals surface area contributed by atoms with Crippen LogP contribution in [0.5, 0.6) is 0 Å². The third kappa shape index (κ3) is 3.94. The summed E-state index contributed by atoms with van der Waals surface area (Å²) in [5.74, 6) is 0.915. The van der Waals surface area contributed by atoms with Crippen LogP contribution >= 0.6 is 0 Å². The second kappa shape index (κ2) is 8.14. The Bertz CT molecular complexity index is 973. The minimum absolute atomic E-state index is 0.237. The maximum Gasteiger partial charge on any atom is 0.227 e. The Morgan fingerprint density at radius 3 is 2.43 bits per heavy atom. The number of carbonyl (C=O) groups excluding carboxylic acids is 1. The Hall–Kier alpha value is -2.68. The van der Waals surface area contributed by atoms with Gasteiger partial charge in [0.1, 0.15) is 0 Å². The largest absolute Gasteiger partial charge is 0.342 e. The number of carbonyl (C=O) groups is 1. The highest BCUT2D eigenvalue weighted by atomic mass is 16.2. The smallest absolute Gasteiger partial charge is 0.227 e. The van der Waals surface area contributed by atoms with Gasteiger partial charge in [-0.2, -0.15) is 0 Å². The van der Waals surface area contributed by atoms with E-state index >= 15 is 0 Å². The van der Waals surface area contributed by atoms with E-state index < -0.39 is 0 Å². The summed E-state index contributed by atoms with van der Waals surface area (Å²) in [5.41, 5.74) is 5.67. The van der Waals surface area contributed by atoms with Crippen molar-refractivity contribution in [1.82, 2.24) is 9.88 Å². The molecule has 4 rings (SSSR count). The van der Waals surface area contributed by atoms with Gasteiger partial charge in [-0.05, 0) is 61.8 Å². The molecule has 1 aliphatic rings. The van der Waals surface area contributed by atoms with Crippen molar-refractivity contribution < 1.29 is 4.79 Å². The molecule has 0 spiro atoms. The molecule has 1 aliphatic heterocycles. The third-order valence-corrected chi connectivity index (χ3v) is 6.15. The van der Waals surface area contributed by atoms with Crippen molar-refractivity contribution in [3.63, 3.8) is 0 Å². The molecule has 0 N–H and O–H groups in total. The van der Waals surface area contributed by atoms with Crippen LogP contribution in [0, 0.1) is 19.8 Å². The summed E-state index contributed by atoms with van der Waals surface area (Å²) in [6.07, 6.45) is 3.76. The van der Waals surface area contributed by atoms with Gasteiger partial charge in [0.25, 0.3) is 0 Å². The summed E-state index contributed by atoms with van der Waals surface area (Å²) in [6, 6.07) is 18.9. The molecular weight excluding hydrogens is 344 g/mol. The first-order valence-electron chi connectivity index (χ1n) is 10.3. The summed E-state index contributed by atoms with van der Waals surface area (Å²) in [5, 5.41) is 1.15. The summed E-state index contributed by atoms with van der Waals surface area (Å²) < 4.78 is 0. The summed E-state index contributed by atoms with van der Waals surface area (Å²) in [7, 11) is 0. The standard InChI is InChI=1S/C25H28N2O/c1-18-22-10-6-7-11-24(22)26-19(2)23(18)17-25(28)27-14-12-21(13-15-27)16-20-8-4-3-5-9-20/h3-11,21H,12-17H2,1-2H3. The monoisotopic (exact) mass is 372 g/mol. The van der Waals surface area contributed by atoms with Gasteiger partial charge in [-0.1, -0.05) is 48.5 Å². The molecule has 0 radical (unpaired) electrons. The zero-order valence-electron chi connectivity index (χ0n) is 16.8. The Morgan fingerprint density at radius 2 is 1.68 bits per heavy atom. The first-order valence-corrected chi connectivity index (χ1v) is 10.3. The number of hydrogen-bond donors (Lipinski definition) is 0. The van der Waals surface area contributed by atoms with E-state index in [1.165, 1.54) is 11.1 Å². The van der Waals surface area contributed by atoms with Crippen molar-refractivity contribution in [2.45, 2.75) is 39.5 Å². The molecule has 0 bridgehead atoms. The number of fused-ring (bicyclic) bond motifs is 1. The van der Waals surface area contributed by atoms with Crippen LogP contribution in [0.3, 0.4) is 0 Å². The van der Waals surface area contributed by atoms with Gasteiger partial charge in [-0.25, -0.2) is 0 Å². The molecule has 0 unspecified atom stereocenters. The summed E-state index contributed by atoms with van der Waals surface area (Å²) >= 11 is 0. The van der Waals surface area contributed by atoms with Crippen molar-refractivity contribution in [3.8, 4) is 0 Å². The number of likely N-dealkylation sites (tertiary alicyclic amines) is 1. The van der Waals surface area contributed by atoms with Crippen molar-refractivity contribution in [1.29, 1.82) is 0 Å². The van der Waals surface area contributed by atoms with Crippen molar-refractivity contribution in [3.05, 3.63) is 77.0 Å². The van der Waals surface area contributed by atoms with Gasteiger partial charge in [0.05, 0.1) is 11.9 Å². The van der Waals surface area contributed by atoms with Crippen LogP contribution in [-0.2, 0) is 17.6 Å². The van der Waals surface area contributed by atoms with Crippen LogP contribution in [-0.4, -0.2) is 28.9 Å². The predicted molar refractivity (Wildman–Crippen MR) is 114 cm³/mol. The van der Waals surface area contributed by atoms with E-state index in [1.807, 2.05) is 25.1 Å². The van der Waals surface area contributed by atoms with Crippen LogP contribution in [0.2, 0.25) is 0 Å². The number of aromatic nitrogens is 1. The lowest BCUT2D eigenvalue weighted by atomic mass is 9.90. The highest BCUT2D eigenvalue weighted by molar-refractivity contribution is 5.86. The number of aryl methyl sites for hydroxylation is 2. The fourth-order valence-electron chi connectivity index (χ4n) is 4.43. The molecule has 2 aromatic carbocycles. The number of amides is 1. The molecule has 2 heterocycles. The highest BCUT2D eigenvalue weighted by Gasteiger charge is 2.24. The topological polar surface area (TPSA) is 33.2 Å². The normalized spacial score (nSPS) is 15.1. The van der Waals surface area contributed by atoms with Crippen molar-refractivity contribution in [2.75, 3.05) is 13.1 Å². The van der Waals surface area contributed by atoms with Crippen molar-refractivity contribution in [2.24, 2.45) is 5.92 Å². The average Bonchev–Trinajstić information content (AvgIpc) is 2.72. The van der Waals surface area contributed by atoms with Crippen LogP contribution in [0.1, 0.15) is 35.2 Å². The molecule has 1 fully saturated rings. The maximum absolute atomic E-state index is 13.0.